The Morgan fingerprint density at radius 2 is 1.89 bits per heavy atom. The Bertz CT molecular complexity index is 1380. The number of aryl methyl sites for hydroxylation is 1. The summed E-state index contributed by atoms with van der Waals surface area (Å²) in [7, 11) is 3.11. The standard InChI is InChI=1S/C28H31F2N5O3/c1-15-8-17(28(36)34-14-18-10-19(34)13-31-18)4-6-20(15)22-12-26-32-21(11-23(27(29)30)35(26)33-22)16-5-7-24(37-2)25(9-16)38-3/h4-9,12,18-19,21,23,27,31-32H,10-11,13-14H2,1-3H3. The van der Waals surface area contributed by atoms with Crippen molar-refractivity contribution < 1.29 is 23.0 Å². The number of hydrogen-bond acceptors (Lipinski definition) is 6. The molecule has 3 aromatic rings. The summed E-state index contributed by atoms with van der Waals surface area (Å²) in [6.45, 7) is 3.50. The summed E-state index contributed by atoms with van der Waals surface area (Å²) >= 11 is 0. The third-order valence-electron chi connectivity index (χ3n) is 8.02. The van der Waals surface area contributed by atoms with Crippen molar-refractivity contribution in [1.29, 1.82) is 0 Å². The van der Waals surface area contributed by atoms with Crippen molar-refractivity contribution in [3.63, 3.8) is 0 Å². The molecule has 1 aromatic heterocycles. The Labute approximate surface area is 219 Å². The fourth-order valence-electron chi connectivity index (χ4n) is 6.02. The minimum atomic E-state index is -2.59. The molecule has 8 nitrogen and oxygen atoms in total. The maximum atomic E-state index is 14.2. The SMILES string of the molecule is COc1ccc(C2CC(C(F)F)n3nc(-c4ccc(C(=O)N5CC6CC5CN6)cc4C)cc3N2)cc1OC. The molecule has 3 aliphatic heterocycles. The number of methoxy groups -OCH3 is 2. The number of aromatic nitrogens is 2. The number of ether oxygens (including phenoxy) is 2. The Hall–Kier alpha value is -3.66. The monoisotopic (exact) mass is 523 g/mol. The Kier molecular flexibility index (Phi) is 6.22. The summed E-state index contributed by atoms with van der Waals surface area (Å²) in [5, 5.41) is 11.4. The van der Waals surface area contributed by atoms with Gasteiger partial charge in [-0.05, 0) is 55.2 Å². The largest absolute Gasteiger partial charge is 0.493 e. The molecule has 2 bridgehead atoms. The van der Waals surface area contributed by atoms with E-state index in [0.717, 1.165) is 36.2 Å². The average molecular weight is 524 g/mol. The van der Waals surface area contributed by atoms with Gasteiger partial charge in [0.2, 0.25) is 0 Å². The van der Waals surface area contributed by atoms with E-state index in [2.05, 4.69) is 15.7 Å². The minimum Gasteiger partial charge on any atom is -0.493 e. The highest BCUT2D eigenvalue weighted by Crippen LogP contribution is 2.42. The number of alkyl halides is 2. The van der Waals surface area contributed by atoms with Crippen molar-refractivity contribution in [3.8, 4) is 22.8 Å². The number of amides is 1. The molecule has 4 heterocycles. The summed E-state index contributed by atoms with van der Waals surface area (Å²) in [4.78, 5) is 15.1. The van der Waals surface area contributed by atoms with E-state index in [4.69, 9.17) is 9.47 Å². The van der Waals surface area contributed by atoms with Gasteiger partial charge in [0.25, 0.3) is 12.3 Å². The van der Waals surface area contributed by atoms with Crippen LogP contribution in [-0.4, -0.2) is 66.4 Å². The second kappa shape index (κ2) is 9.58. The lowest BCUT2D eigenvalue weighted by atomic mass is 9.97. The number of halogens is 2. The van der Waals surface area contributed by atoms with Gasteiger partial charge in [-0.25, -0.2) is 13.5 Å². The maximum Gasteiger partial charge on any atom is 0.260 e. The van der Waals surface area contributed by atoms with Crippen LogP contribution >= 0.6 is 0 Å². The zero-order valence-corrected chi connectivity index (χ0v) is 21.6. The lowest BCUT2D eigenvalue weighted by molar-refractivity contribution is 0.0659. The van der Waals surface area contributed by atoms with E-state index in [0.29, 0.717) is 34.6 Å². The molecule has 2 aromatic carbocycles. The van der Waals surface area contributed by atoms with Crippen LogP contribution in [0.3, 0.4) is 0 Å². The van der Waals surface area contributed by atoms with Crippen molar-refractivity contribution in [1.82, 2.24) is 20.0 Å². The van der Waals surface area contributed by atoms with Gasteiger partial charge in [-0.15, -0.1) is 0 Å². The first-order chi connectivity index (χ1) is 18.4. The van der Waals surface area contributed by atoms with Gasteiger partial charge in [0.05, 0.1) is 26.0 Å². The summed E-state index contributed by atoms with van der Waals surface area (Å²) in [5.74, 6) is 1.69. The van der Waals surface area contributed by atoms with Crippen LogP contribution < -0.4 is 20.1 Å². The normalized spacial score (nSPS) is 23.9. The molecule has 1 amide bonds. The van der Waals surface area contributed by atoms with Crippen LogP contribution in [0.5, 0.6) is 11.5 Å². The van der Waals surface area contributed by atoms with Gasteiger partial charge < -0.3 is 25.0 Å². The maximum absolute atomic E-state index is 14.2. The molecule has 2 saturated heterocycles. The van der Waals surface area contributed by atoms with E-state index in [-0.39, 0.29) is 24.4 Å². The van der Waals surface area contributed by atoms with E-state index in [1.54, 1.807) is 26.4 Å². The second-order valence-electron chi connectivity index (χ2n) is 10.3. The smallest absolute Gasteiger partial charge is 0.260 e. The molecule has 200 valence electrons. The van der Waals surface area contributed by atoms with E-state index in [9.17, 15) is 13.6 Å². The van der Waals surface area contributed by atoms with Crippen LogP contribution in [0.15, 0.2) is 42.5 Å². The van der Waals surface area contributed by atoms with Crippen molar-refractivity contribution in [3.05, 3.63) is 59.2 Å². The van der Waals surface area contributed by atoms with Crippen LogP contribution in [0.25, 0.3) is 11.3 Å². The van der Waals surface area contributed by atoms with Crippen LogP contribution in [-0.2, 0) is 0 Å². The number of carbonyl (C=O) groups excluding carboxylic acids is 1. The average Bonchev–Trinajstić information content (AvgIpc) is 3.67. The Morgan fingerprint density at radius 1 is 1.08 bits per heavy atom. The molecule has 0 aliphatic carbocycles. The fourth-order valence-corrected chi connectivity index (χ4v) is 6.02. The first kappa shape index (κ1) is 24.7. The zero-order valence-electron chi connectivity index (χ0n) is 21.6. The van der Waals surface area contributed by atoms with Crippen LogP contribution in [0.4, 0.5) is 14.6 Å². The lowest BCUT2D eigenvalue weighted by Gasteiger charge is -2.32. The van der Waals surface area contributed by atoms with Crippen molar-refractivity contribution >= 4 is 11.7 Å². The fraction of sp³-hybridized carbons (Fsp3) is 0.429. The van der Waals surface area contributed by atoms with Gasteiger partial charge in [0.1, 0.15) is 11.9 Å². The molecule has 3 aliphatic rings. The molecule has 6 rings (SSSR count). The summed E-state index contributed by atoms with van der Waals surface area (Å²) in [6, 6.07) is 12.0. The summed E-state index contributed by atoms with van der Waals surface area (Å²) in [6.07, 6.45) is -1.41. The quantitative estimate of drug-likeness (QED) is 0.498. The van der Waals surface area contributed by atoms with Crippen molar-refractivity contribution in [2.45, 2.75) is 50.4 Å². The number of benzene rings is 2. The predicted octanol–water partition coefficient (Wildman–Crippen LogP) is 4.43. The molecule has 4 unspecified atom stereocenters. The number of rotatable bonds is 6. The van der Waals surface area contributed by atoms with E-state index in [1.807, 2.05) is 42.2 Å². The van der Waals surface area contributed by atoms with Crippen LogP contribution in [0, 0.1) is 6.92 Å². The van der Waals surface area contributed by atoms with Gasteiger partial charge in [0, 0.05) is 42.4 Å². The first-order valence-corrected chi connectivity index (χ1v) is 12.9. The molecule has 38 heavy (non-hydrogen) atoms. The Morgan fingerprint density at radius 3 is 2.55 bits per heavy atom. The zero-order chi connectivity index (χ0) is 26.6. The molecule has 10 heteroatoms. The summed E-state index contributed by atoms with van der Waals surface area (Å²) < 4.78 is 40.6. The molecule has 2 N–H and O–H groups in total. The minimum absolute atomic E-state index is 0.0370. The number of nitrogens with one attached hydrogen (secondary N) is 2. The third-order valence-corrected chi connectivity index (χ3v) is 8.02. The van der Waals surface area contributed by atoms with E-state index in [1.165, 1.54) is 4.68 Å². The van der Waals surface area contributed by atoms with E-state index < -0.39 is 12.5 Å². The van der Waals surface area contributed by atoms with Gasteiger partial charge in [-0.3, -0.25) is 4.79 Å². The molecular weight excluding hydrogens is 492 g/mol. The highest BCUT2D eigenvalue weighted by Gasteiger charge is 2.40. The predicted molar refractivity (Wildman–Crippen MR) is 139 cm³/mol. The highest BCUT2D eigenvalue weighted by molar-refractivity contribution is 5.95. The van der Waals surface area contributed by atoms with Crippen LogP contribution in [0.2, 0.25) is 0 Å². The number of carbonyl (C=O) groups is 1. The number of likely N-dealkylation sites (tertiary alicyclic amines) is 1. The number of nitrogens with zero attached hydrogens (tertiary/aromatic N) is 3. The Balaban J connectivity index is 1.28. The molecule has 0 saturated carbocycles. The lowest BCUT2D eigenvalue weighted by Crippen LogP contribution is -2.46. The van der Waals surface area contributed by atoms with Crippen molar-refractivity contribution in [2.75, 3.05) is 32.6 Å². The van der Waals surface area contributed by atoms with Gasteiger partial charge in [0.15, 0.2) is 11.5 Å². The molecule has 0 spiro atoms. The molecule has 0 radical (unpaired) electrons. The summed E-state index contributed by atoms with van der Waals surface area (Å²) in [5.41, 5.74) is 3.74. The highest BCUT2D eigenvalue weighted by atomic mass is 19.3. The number of fused-ring (bicyclic) bond motifs is 3. The molecule has 4 atom stereocenters. The van der Waals surface area contributed by atoms with E-state index >= 15 is 0 Å². The van der Waals surface area contributed by atoms with Gasteiger partial charge in [-0.1, -0.05) is 12.1 Å². The molecule has 2 fully saturated rings. The third kappa shape index (κ3) is 4.16. The van der Waals surface area contributed by atoms with Gasteiger partial charge >= 0.3 is 0 Å². The number of hydrogen-bond donors (Lipinski definition) is 2. The molecular formula is C28H31F2N5O3. The topological polar surface area (TPSA) is 80.7 Å². The van der Waals surface area contributed by atoms with Gasteiger partial charge in [-0.2, -0.15) is 5.10 Å². The number of piperazine rings is 1. The number of anilines is 1. The first-order valence-electron chi connectivity index (χ1n) is 12.9. The van der Waals surface area contributed by atoms with Crippen molar-refractivity contribution in [2.24, 2.45) is 0 Å². The second-order valence-corrected chi connectivity index (χ2v) is 10.3. The van der Waals surface area contributed by atoms with Crippen LogP contribution in [0.1, 0.15) is 46.4 Å².